The number of hydrogen-bond donors (Lipinski definition) is 3. The number of carbonyl (C=O) groups is 2. The molecule has 2 amide bonds. The molecular formula is C13H10F3N3O3. The van der Waals surface area contributed by atoms with Crippen LogP contribution in [0.3, 0.4) is 0 Å². The number of amides is 2. The Balaban J connectivity index is 2.77. The first-order chi connectivity index (χ1) is 10.1. The fourth-order valence-electron chi connectivity index (χ4n) is 1.93. The van der Waals surface area contributed by atoms with E-state index in [9.17, 15) is 22.8 Å². The third-order valence-corrected chi connectivity index (χ3v) is 2.84. The second-order valence-corrected chi connectivity index (χ2v) is 4.38. The molecule has 0 radical (unpaired) electrons. The summed E-state index contributed by atoms with van der Waals surface area (Å²) in [5.41, 5.74) is 13.5. The molecule has 0 atom stereocenters. The fraction of sp³-hybridized carbons (Fsp3) is 0.0769. The molecule has 9 heteroatoms. The Labute approximate surface area is 121 Å². The molecule has 0 aliphatic carbocycles. The van der Waals surface area contributed by atoms with E-state index < -0.39 is 40.6 Å². The van der Waals surface area contributed by atoms with E-state index >= 15 is 0 Å². The molecule has 0 spiro atoms. The van der Waals surface area contributed by atoms with Crippen LogP contribution in [0.15, 0.2) is 28.7 Å². The van der Waals surface area contributed by atoms with Crippen LogP contribution in [0.25, 0.3) is 11.1 Å². The van der Waals surface area contributed by atoms with E-state index in [4.69, 9.17) is 21.6 Å². The highest BCUT2D eigenvalue weighted by atomic mass is 19.4. The summed E-state index contributed by atoms with van der Waals surface area (Å²) in [6.45, 7) is 0. The molecule has 6 N–H and O–H groups in total. The van der Waals surface area contributed by atoms with E-state index in [2.05, 4.69) is 0 Å². The lowest BCUT2D eigenvalue weighted by Crippen LogP contribution is -2.13. The minimum absolute atomic E-state index is 0.115. The molecule has 2 rings (SSSR count). The van der Waals surface area contributed by atoms with Gasteiger partial charge in [0.05, 0.1) is 5.56 Å². The SMILES string of the molecule is NC(=O)c1cc(-c2ccc(N)cc2C(F)(F)F)c(C(N)=O)o1. The van der Waals surface area contributed by atoms with Gasteiger partial charge in [-0.25, -0.2) is 0 Å². The molecule has 0 bridgehead atoms. The number of nitrogen functional groups attached to an aromatic ring is 1. The summed E-state index contributed by atoms with van der Waals surface area (Å²) in [6.07, 6.45) is -4.73. The van der Waals surface area contributed by atoms with Gasteiger partial charge in [-0.3, -0.25) is 9.59 Å². The van der Waals surface area contributed by atoms with Gasteiger partial charge >= 0.3 is 6.18 Å². The monoisotopic (exact) mass is 313 g/mol. The Morgan fingerprint density at radius 2 is 1.64 bits per heavy atom. The quantitative estimate of drug-likeness (QED) is 0.746. The van der Waals surface area contributed by atoms with Crippen molar-refractivity contribution < 1.29 is 27.2 Å². The third-order valence-electron chi connectivity index (χ3n) is 2.84. The summed E-state index contributed by atoms with van der Waals surface area (Å²) in [5, 5.41) is 0. The number of rotatable bonds is 3. The van der Waals surface area contributed by atoms with Crippen molar-refractivity contribution >= 4 is 17.5 Å². The van der Waals surface area contributed by atoms with Gasteiger partial charge in [-0.05, 0) is 23.8 Å². The highest BCUT2D eigenvalue weighted by molar-refractivity contribution is 6.01. The molecule has 6 nitrogen and oxygen atoms in total. The number of furan rings is 1. The summed E-state index contributed by atoms with van der Waals surface area (Å²) in [4.78, 5) is 22.4. The predicted octanol–water partition coefficient (Wildman–Crippen LogP) is 1.75. The molecule has 0 aliphatic heterocycles. The Kier molecular flexibility index (Phi) is 3.57. The first-order valence-corrected chi connectivity index (χ1v) is 5.81. The summed E-state index contributed by atoms with van der Waals surface area (Å²) in [5.74, 6) is -3.25. The first-order valence-electron chi connectivity index (χ1n) is 5.81. The average Bonchev–Trinajstić information content (AvgIpc) is 2.82. The van der Waals surface area contributed by atoms with Crippen molar-refractivity contribution in [3.8, 4) is 11.1 Å². The van der Waals surface area contributed by atoms with Crippen LogP contribution in [-0.4, -0.2) is 11.8 Å². The van der Waals surface area contributed by atoms with Gasteiger partial charge in [0.2, 0.25) is 0 Å². The molecule has 0 saturated carbocycles. The van der Waals surface area contributed by atoms with Crippen LogP contribution in [0, 0.1) is 0 Å². The summed E-state index contributed by atoms with van der Waals surface area (Å²) < 4.78 is 44.2. The maximum Gasteiger partial charge on any atom is 0.417 e. The number of carbonyl (C=O) groups excluding carboxylic acids is 2. The highest BCUT2D eigenvalue weighted by Crippen LogP contribution is 2.40. The van der Waals surface area contributed by atoms with Gasteiger partial charge in [-0.15, -0.1) is 0 Å². The number of nitrogens with two attached hydrogens (primary N) is 3. The third kappa shape index (κ3) is 2.73. The lowest BCUT2D eigenvalue weighted by molar-refractivity contribution is -0.137. The normalized spacial score (nSPS) is 11.4. The molecule has 22 heavy (non-hydrogen) atoms. The minimum atomic E-state index is -4.73. The van der Waals surface area contributed by atoms with E-state index in [1.807, 2.05) is 0 Å². The second-order valence-electron chi connectivity index (χ2n) is 4.38. The highest BCUT2D eigenvalue weighted by Gasteiger charge is 2.35. The predicted molar refractivity (Wildman–Crippen MR) is 70.6 cm³/mol. The smallest absolute Gasteiger partial charge is 0.417 e. The van der Waals surface area contributed by atoms with Crippen molar-refractivity contribution in [2.45, 2.75) is 6.18 Å². The van der Waals surface area contributed by atoms with E-state index in [-0.39, 0.29) is 11.3 Å². The number of primary amides is 2. The van der Waals surface area contributed by atoms with Crippen LogP contribution in [0.1, 0.15) is 26.7 Å². The molecule has 116 valence electrons. The van der Waals surface area contributed by atoms with E-state index in [0.717, 1.165) is 12.1 Å². The van der Waals surface area contributed by atoms with Gasteiger partial charge in [-0.1, -0.05) is 6.07 Å². The number of halogens is 3. The standard InChI is InChI=1S/C13H10F3N3O3/c14-13(15,16)8-3-5(17)1-2-6(8)7-4-9(11(18)20)22-10(7)12(19)21/h1-4H,17H2,(H2,18,20)(H2,19,21). The van der Waals surface area contributed by atoms with Crippen LogP contribution in [0.5, 0.6) is 0 Å². The van der Waals surface area contributed by atoms with Gasteiger partial charge in [0.1, 0.15) is 0 Å². The van der Waals surface area contributed by atoms with E-state index in [1.54, 1.807) is 0 Å². The van der Waals surface area contributed by atoms with E-state index in [1.165, 1.54) is 6.07 Å². The topological polar surface area (TPSA) is 125 Å². The van der Waals surface area contributed by atoms with Crippen LogP contribution in [0.2, 0.25) is 0 Å². The minimum Gasteiger partial charge on any atom is -0.445 e. The van der Waals surface area contributed by atoms with Gasteiger partial charge in [-0.2, -0.15) is 13.2 Å². The van der Waals surface area contributed by atoms with Crippen LogP contribution >= 0.6 is 0 Å². The molecule has 1 heterocycles. The average molecular weight is 313 g/mol. The van der Waals surface area contributed by atoms with Crippen molar-refractivity contribution in [3.05, 3.63) is 41.3 Å². The van der Waals surface area contributed by atoms with Gasteiger partial charge in [0.25, 0.3) is 11.8 Å². The van der Waals surface area contributed by atoms with Crippen molar-refractivity contribution in [1.82, 2.24) is 0 Å². The Hall–Kier alpha value is -2.97. The molecule has 0 saturated heterocycles. The van der Waals surface area contributed by atoms with Gasteiger partial charge in [0.15, 0.2) is 11.5 Å². The second kappa shape index (κ2) is 5.10. The molecule has 2 aromatic rings. The molecule has 0 unspecified atom stereocenters. The van der Waals surface area contributed by atoms with Crippen molar-refractivity contribution in [3.63, 3.8) is 0 Å². The number of hydrogen-bond acceptors (Lipinski definition) is 4. The Morgan fingerprint density at radius 1 is 1.00 bits per heavy atom. The van der Waals surface area contributed by atoms with Crippen LogP contribution in [0.4, 0.5) is 18.9 Å². The van der Waals surface area contributed by atoms with Crippen molar-refractivity contribution in [2.24, 2.45) is 11.5 Å². The number of alkyl halides is 3. The summed E-state index contributed by atoms with van der Waals surface area (Å²) >= 11 is 0. The molecule has 1 aromatic heterocycles. The maximum absolute atomic E-state index is 13.1. The number of anilines is 1. The van der Waals surface area contributed by atoms with Gasteiger partial charge in [0, 0.05) is 11.3 Å². The summed E-state index contributed by atoms with van der Waals surface area (Å²) in [6, 6.07) is 3.91. The molecule has 0 fully saturated rings. The number of benzene rings is 1. The lowest BCUT2D eigenvalue weighted by Gasteiger charge is -2.13. The summed E-state index contributed by atoms with van der Waals surface area (Å²) in [7, 11) is 0. The largest absolute Gasteiger partial charge is 0.445 e. The maximum atomic E-state index is 13.1. The molecule has 1 aromatic carbocycles. The first kappa shape index (κ1) is 15.4. The van der Waals surface area contributed by atoms with Crippen molar-refractivity contribution in [1.29, 1.82) is 0 Å². The van der Waals surface area contributed by atoms with Crippen molar-refractivity contribution in [2.75, 3.05) is 5.73 Å². The molecular weight excluding hydrogens is 303 g/mol. The zero-order valence-corrected chi connectivity index (χ0v) is 10.9. The Bertz CT molecular complexity index is 766. The molecule has 0 aliphatic rings. The van der Waals surface area contributed by atoms with Gasteiger partial charge < -0.3 is 21.6 Å². The lowest BCUT2D eigenvalue weighted by atomic mass is 9.98. The van der Waals surface area contributed by atoms with E-state index in [0.29, 0.717) is 6.07 Å². The zero-order chi connectivity index (χ0) is 16.7. The zero-order valence-electron chi connectivity index (χ0n) is 10.9. The Morgan fingerprint density at radius 3 is 2.14 bits per heavy atom. The van der Waals surface area contributed by atoms with Crippen LogP contribution < -0.4 is 17.2 Å². The fourth-order valence-corrected chi connectivity index (χ4v) is 1.93. The van der Waals surface area contributed by atoms with Crippen LogP contribution in [-0.2, 0) is 6.18 Å².